The van der Waals surface area contributed by atoms with E-state index < -0.39 is 29.2 Å². The van der Waals surface area contributed by atoms with Crippen LogP contribution in [0.1, 0.15) is 40.7 Å². The Hall–Kier alpha value is -2.81. The summed E-state index contributed by atoms with van der Waals surface area (Å²) in [4.78, 5) is 29.4. The van der Waals surface area contributed by atoms with Gasteiger partial charge in [0.2, 0.25) is 5.91 Å². The number of carbonyl (C=O) groups excluding carboxylic acids is 2. The van der Waals surface area contributed by atoms with Gasteiger partial charge in [0.1, 0.15) is 11.6 Å². The number of rotatable bonds is 9. The third kappa shape index (κ3) is 5.55. The van der Waals surface area contributed by atoms with E-state index in [0.29, 0.717) is 23.1 Å². The number of ether oxygens (including phenoxy) is 1. The first-order valence-corrected chi connectivity index (χ1v) is 11.8. The molecule has 0 spiro atoms. The van der Waals surface area contributed by atoms with Gasteiger partial charge in [0.25, 0.3) is 0 Å². The van der Waals surface area contributed by atoms with Crippen LogP contribution in [-0.2, 0) is 9.53 Å². The number of benzene rings is 2. The van der Waals surface area contributed by atoms with Gasteiger partial charge in [-0.25, -0.2) is 4.39 Å². The van der Waals surface area contributed by atoms with Gasteiger partial charge in [-0.15, -0.1) is 0 Å². The molecule has 1 amide bonds. The number of phenols is 1. The summed E-state index contributed by atoms with van der Waals surface area (Å²) >= 11 is 0. The van der Waals surface area contributed by atoms with Gasteiger partial charge < -0.3 is 25.2 Å². The quantitative estimate of drug-likeness (QED) is 0.472. The van der Waals surface area contributed by atoms with Crippen molar-refractivity contribution in [2.75, 3.05) is 40.4 Å². The number of halogens is 1. The molecule has 7 nitrogen and oxygen atoms in total. The fourth-order valence-corrected chi connectivity index (χ4v) is 5.36. The fraction of sp³-hybridized carbons (Fsp3) is 0.481. The third-order valence-electron chi connectivity index (χ3n) is 6.98. The van der Waals surface area contributed by atoms with Crippen molar-refractivity contribution in [3.05, 3.63) is 65.0 Å². The number of hydrogen-bond acceptors (Lipinski definition) is 6. The fourth-order valence-electron chi connectivity index (χ4n) is 5.36. The minimum atomic E-state index is -1.13. The van der Waals surface area contributed by atoms with E-state index >= 15 is 0 Å². The molecule has 1 unspecified atom stereocenters. The zero-order valence-corrected chi connectivity index (χ0v) is 20.8. The Labute approximate surface area is 205 Å². The van der Waals surface area contributed by atoms with Gasteiger partial charge in [-0.3, -0.25) is 9.59 Å². The third-order valence-corrected chi connectivity index (χ3v) is 6.98. The van der Waals surface area contributed by atoms with Crippen LogP contribution in [0, 0.1) is 24.1 Å². The summed E-state index contributed by atoms with van der Waals surface area (Å²) in [6.07, 6.45) is -0.441. The average molecular weight is 487 g/mol. The lowest BCUT2D eigenvalue weighted by Crippen LogP contribution is -2.60. The Kier molecular flexibility index (Phi) is 8.64. The number of Topliss-reactive ketones (excluding diaryl/α,β-unsaturated/α-hetero) is 1. The molecule has 1 fully saturated rings. The maximum Gasteiger partial charge on any atom is 0.230 e. The second-order valence-corrected chi connectivity index (χ2v) is 9.52. The van der Waals surface area contributed by atoms with Crippen LogP contribution in [0.15, 0.2) is 42.5 Å². The summed E-state index contributed by atoms with van der Waals surface area (Å²) in [7, 11) is 3.17. The number of nitrogens with zero attached hydrogens (tertiary/aromatic N) is 1. The van der Waals surface area contributed by atoms with Crippen LogP contribution in [0.25, 0.3) is 0 Å². The summed E-state index contributed by atoms with van der Waals surface area (Å²) in [5.74, 6) is -2.29. The summed E-state index contributed by atoms with van der Waals surface area (Å²) in [5.41, 5.74) is 0.178. The second kappa shape index (κ2) is 11.3. The Morgan fingerprint density at radius 3 is 2.66 bits per heavy atom. The highest BCUT2D eigenvalue weighted by Crippen LogP contribution is 2.49. The van der Waals surface area contributed by atoms with Crippen molar-refractivity contribution in [2.24, 2.45) is 11.3 Å². The van der Waals surface area contributed by atoms with E-state index in [1.54, 1.807) is 52.3 Å². The number of methoxy groups -OCH3 is 1. The van der Waals surface area contributed by atoms with Crippen LogP contribution >= 0.6 is 0 Å². The highest BCUT2D eigenvalue weighted by Gasteiger charge is 2.54. The standard InChI is InChI=1S/C27H35FN2O5/c1-17(31)15-30(3)26(34)27(11-12-35-4)16-29-14-22(25(33)19-7-5-8-20(32)13-19)24(27)21-9-6-10-23(28)18(21)2/h5-10,13,17,22,24,29,31-32H,11-12,14-16H2,1-4H3/t17?,22-,24-,27+/m0/s1. The minimum absolute atomic E-state index is 0.0310. The van der Waals surface area contributed by atoms with Gasteiger partial charge in [-0.2, -0.15) is 0 Å². The van der Waals surface area contributed by atoms with E-state index in [4.69, 9.17) is 4.74 Å². The largest absolute Gasteiger partial charge is 0.508 e. The number of nitrogens with one attached hydrogen (secondary N) is 1. The molecule has 0 bridgehead atoms. The van der Waals surface area contributed by atoms with E-state index in [9.17, 15) is 24.2 Å². The predicted molar refractivity (Wildman–Crippen MR) is 131 cm³/mol. The van der Waals surface area contributed by atoms with Crippen molar-refractivity contribution in [3.63, 3.8) is 0 Å². The lowest BCUT2D eigenvalue weighted by atomic mass is 9.59. The van der Waals surface area contributed by atoms with Gasteiger partial charge >= 0.3 is 0 Å². The van der Waals surface area contributed by atoms with Gasteiger partial charge in [0.05, 0.1) is 11.5 Å². The molecule has 2 aromatic carbocycles. The lowest BCUT2D eigenvalue weighted by Gasteiger charge is -2.49. The van der Waals surface area contributed by atoms with Crippen molar-refractivity contribution in [2.45, 2.75) is 32.3 Å². The van der Waals surface area contributed by atoms with E-state index in [0.717, 1.165) is 0 Å². The lowest BCUT2D eigenvalue weighted by molar-refractivity contribution is -0.146. The van der Waals surface area contributed by atoms with E-state index in [1.807, 2.05) is 0 Å². The summed E-state index contributed by atoms with van der Waals surface area (Å²) in [6.45, 7) is 4.20. The molecule has 4 atom stereocenters. The van der Waals surface area contributed by atoms with Crippen molar-refractivity contribution >= 4 is 11.7 Å². The number of ketones is 1. The molecule has 0 saturated carbocycles. The average Bonchev–Trinajstić information content (AvgIpc) is 2.83. The van der Waals surface area contributed by atoms with E-state index in [2.05, 4.69) is 5.32 Å². The van der Waals surface area contributed by atoms with Crippen molar-refractivity contribution < 1.29 is 28.9 Å². The molecule has 1 saturated heterocycles. The number of aromatic hydroxyl groups is 1. The maximum atomic E-state index is 14.8. The second-order valence-electron chi connectivity index (χ2n) is 9.52. The molecular formula is C27H35FN2O5. The van der Waals surface area contributed by atoms with Gasteiger partial charge in [0.15, 0.2) is 5.78 Å². The molecule has 0 aromatic heterocycles. The van der Waals surface area contributed by atoms with Gasteiger partial charge in [-0.1, -0.05) is 24.3 Å². The number of aliphatic hydroxyl groups is 1. The summed E-state index contributed by atoms with van der Waals surface area (Å²) < 4.78 is 20.2. The van der Waals surface area contributed by atoms with Crippen LogP contribution in [0.4, 0.5) is 4.39 Å². The van der Waals surface area contributed by atoms with Crippen molar-refractivity contribution in [3.8, 4) is 5.75 Å². The highest BCUT2D eigenvalue weighted by atomic mass is 19.1. The van der Waals surface area contributed by atoms with Crippen molar-refractivity contribution in [1.82, 2.24) is 10.2 Å². The smallest absolute Gasteiger partial charge is 0.230 e. The van der Waals surface area contributed by atoms with Crippen LogP contribution < -0.4 is 5.32 Å². The first-order valence-electron chi connectivity index (χ1n) is 11.8. The van der Waals surface area contributed by atoms with Crippen molar-refractivity contribution in [1.29, 1.82) is 0 Å². The Morgan fingerprint density at radius 2 is 2.00 bits per heavy atom. The zero-order valence-electron chi connectivity index (χ0n) is 20.8. The molecular weight excluding hydrogens is 451 g/mol. The molecule has 0 aliphatic carbocycles. The number of aliphatic hydroxyl groups excluding tert-OH is 1. The summed E-state index contributed by atoms with van der Waals surface area (Å²) in [5, 5.41) is 23.2. The molecule has 3 rings (SSSR count). The number of carbonyl (C=O) groups is 2. The Morgan fingerprint density at radius 1 is 1.29 bits per heavy atom. The number of hydrogen-bond donors (Lipinski definition) is 3. The topological polar surface area (TPSA) is 99.1 Å². The number of piperidine rings is 1. The zero-order chi connectivity index (χ0) is 25.8. The van der Waals surface area contributed by atoms with Crippen LogP contribution in [0.3, 0.4) is 0 Å². The van der Waals surface area contributed by atoms with Crippen LogP contribution in [0.2, 0.25) is 0 Å². The minimum Gasteiger partial charge on any atom is -0.508 e. The number of likely N-dealkylation sites (N-methyl/N-ethyl adjacent to an activating group) is 1. The number of amides is 1. The predicted octanol–water partition coefficient (Wildman–Crippen LogP) is 2.89. The Bertz CT molecular complexity index is 1060. The van der Waals surface area contributed by atoms with Crippen LogP contribution in [0.5, 0.6) is 5.75 Å². The molecule has 1 heterocycles. The van der Waals surface area contributed by atoms with E-state index in [1.165, 1.54) is 23.1 Å². The number of phenolic OH excluding ortho intramolecular Hbond substituents is 1. The molecule has 8 heteroatoms. The first-order chi connectivity index (χ1) is 16.6. The molecule has 0 radical (unpaired) electrons. The SMILES string of the molecule is COCC[C@@]1(C(=O)N(C)CC(C)O)CNC[C@H](C(=O)c2cccc(O)c2)[C@@H]1c1cccc(F)c1C. The first kappa shape index (κ1) is 26.8. The molecule has 1 aliphatic heterocycles. The summed E-state index contributed by atoms with van der Waals surface area (Å²) in [6, 6.07) is 10.9. The maximum absolute atomic E-state index is 14.8. The highest BCUT2D eigenvalue weighted by molar-refractivity contribution is 6.00. The molecule has 35 heavy (non-hydrogen) atoms. The molecule has 1 aliphatic rings. The molecule has 3 N–H and O–H groups in total. The molecule has 190 valence electrons. The van der Waals surface area contributed by atoms with Gasteiger partial charge in [0, 0.05) is 57.8 Å². The normalized spacial score (nSPS) is 23.0. The Balaban J connectivity index is 2.21. The van der Waals surface area contributed by atoms with Crippen LogP contribution in [-0.4, -0.2) is 73.3 Å². The van der Waals surface area contributed by atoms with Gasteiger partial charge in [-0.05, 0) is 49.6 Å². The molecule has 2 aromatic rings. The monoisotopic (exact) mass is 486 g/mol. The van der Waals surface area contributed by atoms with E-state index in [-0.39, 0.29) is 43.7 Å².